The molecule has 0 N–H and O–H groups in total. The van der Waals surface area contributed by atoms with E-state index in [4.69, 9.17) is 0 Å². The van der Waals surface area contributed by atoms with Gasteiger partial charge in [0.05, 0.1) is 5.27 Å². The summed E-state index contributed by atoms with van der Waals surface area (Å²) < 4.78 is 5.94. The highest BCUT2D eigenvalue weighted by Crippen LogP contribution is 2.10. The molecule has 0 aliphatic heterocycles. The third kappa shape index (κ3) is 1.26. The summed E-state index contributed by atoms with van der Waals surface area (Å²) in [5, 5.41) is 14.7. The normalized spacial score (nSPS) is 10.0. The molecule has 0 bridgehead atoms. The molecule has 4 heteroatoms. The van der Waals surface area contributed by atoms with Gasteiger partial charge in [-0.1, -0.05) is 24.8 Å². The van der Waals surface area contributed by atoms with Crippen molar-refractivity contribution >= 4 is 6.08 Å². The molecule has 0 aliphatic carbocycles. The molecule has 1 aromatic heterocycles. The maximum Gasteiger partial charge on any atom is 0.263 e. The smallest absolute Gasteiger partial charge is 0.263 e. The van der Waals surface area contributed by atoms with Crippen molar-refractivity contribution in [3.8, 4) is 11.6 Å². The molecule has 70 valence electrons. The van der Waals surface area contributed by atoms with Gasteiger partial charge in [0.25, 0.3) is 5.69 Å². The predicted molar refractivity (Wildman–Crippen MR) is 47.6 cm³/mol. The maximum atomic E-state index is 11.1. The van der Waals surface area contributed by atoms with E-state index >= 15 is 0 Å². The van der Waals surface area contributed by atoms with Crippen molar-refractivity contribution in [3.05, 3.63) is 42.6 Å². The molecular weight excluding hydrogens is 180 g/mol. The van der Waals surface area contributed by atoms with Gasteiger partial charge in [-0.3, -0.25) is 0 Å². The minimum Gasteiger partial charge on any atom is -0.539 e. The van der Waals surface area contributed by atoms with Crippen LogP contribution in [0, 0.1) is 0 Å². The highest BCUT2D eigenvalue weighted by Gasteiger charge is 2.16. The number of benzene rings is 1. The Balaban J connectivity index is 2.57. The van der Waals surface area contributed by atoms with Gasteiger partial charge in [-0.25, -0.2) is 0 Å². The van der Waals surface area contributed by atoms with Gasteiger partial charge >= 0.3 is 0 Å². The van der Waals surface area contributed by atoms with Gasteiger partial charge in [0.2, 0.25) is 5.69 Å². The molecule has 2 rings (SSSR count). The van der Waals surface area contributed by atoms with Crippen molar-refractivity contribution in [1.29, 1.82) is 0 Å². The number of hydrogen-bond donors (Lipinski definition) is 0. The Labute approximate surface area is 80.7 Å². The summed E-state index contributed by atoms with van der Waals surface area (Å²) in [5.41, 5.74) is 1.10. The molecule has 0 amide bonds. The van der Waals surface area contributed by atoms with Crippen LogP contribution in [-0.4, -0.2) is 5.27 Å². The second-order valence-electron chi connectivity index (χ2n) is 2.70. The molecule has 2 aromatic rings. The van der Waals surface area contributed by atoms with E-state index in [0.29, 0.717) is 5.69 Å². The third-order valence-electron chi connectivity index (χ3n) is 1.84. The van der Waals surface area contributed by atoms with Crippen molar-refractivity contribution in [1.82, 2.24) is 5.27 Å². The van der Waals surface area contributed by atoms with Crippen LogP contribution < -0.4 is 9.79 Å². The summed E-state index contributed by atoms with van der Waals surface area (Å²) in [4.78, 5) is 0. The molecule has 0 spiro atoms. The van der Waals surface area contributed by atoms with E-state index in [1.807, 2.05) is 30.3 Å². The molecule has 0 aliphatic rings. The molecule has 0 radical (unpaired) electrons. The van der Waals surface area contributed by atoms with Crippen LogP contribution >= 0.6 is 0 Å². The van der Waals surface area contributed by atoms with Crippen LogP contribution in [0.15, 0.2) is 41.4 Å². The van der Waals surface area contributed by atoms with E-state index < -0.39 is 5.95 Å². The van der Waals surface area contributed by atoms with Crippen LogP contribution in [0.3, 0.4) is 0 Å². The monoisotopic (exact) mass is 188 g/mol. The van der Waals surface area contributed by atoms with Crippen LogP contribution in [0.4, 0.5) is 0 Å². The van der Waals surface area contributed by atoms with Gasteiger partial charge in [-0.05, 0) is 4.68 Å². The first-order valence-corrected chi connectivity index (χ1v) is 4.10. The SMILES string of the molecule is C=Cc1c([O-])on[n+]1-c1ccccc1. The van der Waals surface area contributed by atoms with Crippen molar-refractivity contribution in [3.63, 3.8) is 0 Å². The Kier molecular flexibility index (Phi) is 2.02. The van der Waals surface area contributed by atoms with E-state index in [9.17, 15) is 5.11 Å². The molecular formula is C10H8N2O2. The first-order valence-electron chi connectivity index (χ1n) is 4.10. The van der Waals surface area contributed by atoms with Crippen molar-refractivity contribution in [2.45, 2.75) is 0 Å². The van der Waals surface area contributed by atoms with Crippen LogP contribution in [0.25, 0.3) is 11.8 Å². The number of para-hydroxylation sites is 1. The summed E-state index contributed by atoms with van der Waals surface area (Å²) in [6, 6.07) is 9.25. The van der Waals surface area contributed by atoms with Gasteiger partial charge < -0.3 is 9.63 Å². The lowest BCUT2D eigenvalue weighted by Gasteiger charge is -1.90. The first-order chi connectivity index (χ1) is 6.83. The second-order valence-corrected chi connectivity index (χ2v) is 2.70. The topological polar surface area (TPSA) is 53.0 Å². The second kappa shape index (κ2) is 3.33. The number of nitrogens with zero attached hydrogens (tertiary/aromatic N) is 2. The molecule has 0 atom stereocenters. The Morgan fingerprint density at radius 2 is 2.07 bits per heavy atom. The summed E-state index contributed by atoms with van der Waals surface area (Å²) in [6.45, 7) is 3.53. The molecule has 0 saturated heterocycles. The lowest BCUT2D eigenvalue weighted by Crippen LogP contribution is -2.35. The number of rotatable bonds is 2. The van der Waals surface area contributed by atoms with Crippen LogP contribution in [0.5, 0.6) is 5.95 Å². The quantitative estimate of drug-likeness (QED) is 0.651. The van der Waals surface area contributed by atoms with Crippen LogP contribution in [0.2, 0.25) is 0 Å². The van der Waals surface area contributed by atoms with Crippen LogP contribution in [-0.2, 0) is 0 Å². The van der Waals surface area contributed by atoms with Gasteiger partial charge in [-0.2, -0.15) is 0 Å². The zero-order chi connectivity index (χ0) is 9.97. The lowest BCUT2D eigenvalue weighted by molar-refractivity contribution is -0.672. The van der Waals surface area contributed by atoms with Crippen molar-refractivity contribution < 1.29 is 14.3 Å². The highest BCUT2D eigenvalue weighted by molar-refractivity contribution is 5.42. The lowest BCUT2D eigenvalue weighted by atomic mass is 10.3. The number of aromatic nitrogens is 2. The molecule has 14 heavy (non-hydrogen) atoms. The van der Waals surface area contributed by atoms with E-state index in [2.05, 4.69) is 16.4 Å². The highest BCUT2D eigenvalue weighted by atomic mass is 16.6. The molecule has 1 heterocycles. The Morgan fingerprint density at radius 3 is 2.71 bits per heavy atom. The first kappa shape index (κ1) is 8.50. The van der Waals surface area contributed by atoms with E-state index in [1.54, 1.807) is 0 Å². The molecule has 4 nitrogen and oxygen atoms in total. The van der Waals surface area contributed by atoms with Crippen molar-refractivity contribution in [2.24, 2.45) is 0 Å². The fraction of sp³-hybridized carbons (Fsp3) is 0. The molecule has 0 fully saturated rings. The zero-order valence-corrected chi connectivity index (χ0v) is 7.38. The van der Waals surface area contributed by atoms with E-state index in [-0.39, 0.29) is 0 Å². The Hall–Kier alpha value is -2.10. The summed E-state index contributed by atoms with van der Waals surface area (Å²) in [5.74, 6) is -0.483. The van der Waals surface area contributed by atoms with Crippen molar-refractivity contribution in [2.75, 3.05) is 0 Å². The maximum absolute atomic E-state index is 11.1. The van der Waals surface area contributed by atoms with E-state index in [1.165, 1.54) is 10.8 Å². The van der Waals surface area contributed by atoms with Gasteiger partial charge in [-0.15, -0.1) is 0 Å². The largest absolute Gasteiger partial charge is 0.539 e. The fourth-order valence-electron chi connectivity index (χ4n) is 1.18. The molecule has 0 unspecified atom stereocenters. The standard InChI is InChI=1S/C10H8N2O2/c1-2-9-10(13)14-11-12(9)8-6-4-3-5-7-8/h2-7H,1H2. The number of hydrogen-bond acceptors (Lipinski definition) is 3. The van der Waals surface area contributed by atoms with Crippen LogP contribution in [0.1, 0.15) is 5.69 Å². The van der Waals surface area contributed by atoms with Gasteiger partial charge in [0, 0.05) is 18.2 Å². The average Bonchev–Trinajstić information content (AvgIpc) is 2.61. The van der Waals surface area contributed by atoms with Gasteiger partial charge in [0.15, 0.2) is 5.95 Å². The Morgan fingerprint density at radius 1 is 1.36 bits per heavy atom. The third-order valence-corrected chi connectivity index (χ3v) is 1.84. The molecule has 0 saturated carbocycles. The minimum absolute atomic E-state index is 0.330. The van der Waals surface area contributed by atoms with Gasteiger partial charge in [0.1, 0.15) is 0 Å². The fourth-order valence-corrected chi connectivity index (χ4v) is 1.18. The molecule has 1 aromatic carbocycles. The van der Waals surface area contributed by atoms with E-state index in [0.717, 1.165) is 5.69 Å². The summed E-state index contributed by atoms with van der Waals surface area (Å²) in [6.07, 6.45) is 1.42. The summed E-state index contributed by atoms with van der Waals surface area (Å²) in [7, 11) is 0. The zero-order valence-electron chi connectivity index (χ0n) is 7.38. The predicted octanol–water partition coefficient (Wildman–Crippen LogP) is 0.668. The summed E-state index contributed by atoms with van der Waals surface area (Å²) >= 11 is 0. The Bertz CT molecular complexity index is 448. The average molecular weight is 188 g/mol. The minimum atomic E-state index is -0.483.